The monoisotopic (exact) mass is 256 g/mol. The van der Waals surface area contributed by atoms with E-state index in [1.165, 1.54) is 0 Å². The standard InChI is InChI=1S/C10H16N4O2S/c11-10-13-12-8(17-10)9(16)14-5-3-1-2-4-7(14)6-15/h7,15H,1-6H2,(H2,11,13). The van der Waals surface area contributed by atoms with E-state index in [2.05, 4.69) is 10.2 Å². The van der Waals surface area contributed by atoms with E-state index in [0.29, 0.717) is 16.7 Å². The fourth-order valence-corrected chi connectivity index (χ4v) is 2.64. The second kappa shape index (κ2) is 5.42. The second-order valence-corrected chi connectivity index (χ2v) is 5.14. The smallest absolute Gasteiger partial charge is 0.285 e. The molecule has 0 bridgehead atoms. The van der Waals surface area contributed by atoms with Gasteiger partial charge in [0.05, 0.1) is 12.6 Å². The first kappa shape index (κ1) is 12.3. The molecule has 1 aliphatic heterocycles. The van der Waals surface area contributed by atoms with Gasteiger partial charge in [0.15, 0.2) is 0 Å². The topological polar surface area (TPSA) is 92.3 Å². The number of aliphatic hydroxyl groups excluding tert-OH is 1. The van der Waals surface area contributed by atoms with Crippen molar-refractivity contribution in [3.05, 3.63) is 5.01 Å². The molecule has 94 valence electrons. The lowest BCUT2D eigenvalue weighted by atomic mass is 10.1. The molecule has 6 nitrogen and oxygen atoms in total. The maximum atomic E-state index is 12.2. The van der Waals surface area contributed by atoms with E-state index in [-0.39, 0.29) is 18.6 Å². The molecular formula is C10H16N4O2S. The van der Waals surface area contributed by atoms with Crippen LogP contribution in [0.15, 0.2) is 0 Å². The number of likely N-dealkylation sites (tertiary alicyclic amines) is 1. The zero-order valence-electron chi connectivity index (χ0n) is 9.50. The molecule has 1 atom stereocenters. The molecule has 0 spiro atoms. The number of hydrogen-bond donors (Lipinski definition) is 2. The molecular weight excluding hydrogens is 240 g/mol. The second-order valence-electron chi connectivity index (χ2n) is 4.13. The summed E-state index contributed by atoms with van der Waals surface area (Å²) in [7, 11) is 0. The Morgan fingerprint density at radius 2 is 2.29 bits per heavy atom. The number of rotatable bonds is 2. The zero-order valence-corrected chi connectivity index (χ0v) is 10.3. The fraction of sp³-hybridized carbons (Fsp3) is 0.700. The Labute approximate surface area is 103 Å². The molecule has 1 saturated heterocycles. The van der Waals surface area contributed by atoms with Crippen LogP contribution in [-0.4, -0.2) is 45.3 Å². The van der Waals surface area contributed by atoms with Crippen molar-refractivity contribution < 1.29 is 9.90 Å². The Bertz CT molecular complexity index is 395. The van der Waals surface area contributed by atoms with Gasteiger partial charge >= 0.3 is 0 Å². The summed E-state index contributed by atoms with van der Waals surface area (Å²) in [6, 6.07) is -0.102. The number of amides is 1. The summed E-state index contributed by atoms with van der Waals surface area (Å²) in [5.41, 5.74) is 5.47. The quantitative estimate of drug-likeness (QED) is 0.803. The molecule has 2 rings (SSSR count). The van der Waals surface area contributed by atoms with Crippen LogP contribution in [-0.2, 0) is 0 Å². The largest absolute Gasteiger partial charge is 0.394 e. The van der Waals surface area contributed by atoms with E-state index < -0.39 is 0 Å². The van der Waals surface area contributed by atoms with Gasteiger partial charge in [-0.2, -0.15) is 0 Å². The molecule has 17 heavy (non-hydrogen) atoms. The number of nitrogens with two attached hydrogens (primary N) is 1. The van der Waals surface area contributed by atoms with Crippen molar-refractivity contribution >= 4 is 22.4 Å². The molecule has 0 radical (unpaired) electrons. The van der Waals surface area contributed by atoms with Gasteiger partial charge in [-0.05, 0) is 12.8 Å². The van der Waals surface area contributed by atoms with Crippen LogP contribution in [0.4, 0.5) is 5.13 Å². The van der Waals surface area contributed by atoms with Crippen LogP contribution in [0.1, 0.15) is 35.5 Å². The van der Waals surface area contributed by atoms with Crippen LogP contribution >= 0.6 is 11.3 Å². The molecule has 1 aromatic heterocycles. The molecule has 0 saturated carbocycles. The molecule has 1 amide bonds. The molecule has 1 unspecified atom stereocenters. The first-order valence-corrected chi connectivity index (χ1v) is 6.55. The summed E-state index contributed by atoms with van der Waals surface area (Å²) in [6.45, 7) is 0.670. The molecule has 0 aromatic carbocycles. The van der Waals surface area contributed by atoms with Gasteiger partial charge in [0.1, 0.15) is 0 Å². The van der Waals surface area contributed by atoms with Crippen LogP contribution in [0, 0.1) is 0 Å². The fourth-order valence-electron chi connectivity index (χ4n) is 2.08. The predicted molar refractivity (Wildman–Crippen MR) is 64.7 cm³/mol. The molecule has 7 heteroatoms. The summed E-state index contributed by atoms with van der Waals surface area (Å²) in [6.07, 6.45) is 3.96. The highest BCUT2D eigenvalue weighted by Crippen LogP contribution is 2.21. The number of carbonyl (C=O) groups excluding carboxylic acids is 1. The third kappa shape index (κ3) is 2.73. The number of nitrogen functional groups attached to an aromatic ring is 1. The molecule has 1 fully saturated rings. The third-order valence-electron chi connectivity index (χ3n) is 2.97. The van der Waals surface area contributed by atoms with Crippen LogP contribution in [0.25, 0.3) is 0 Å². The van der Waals surface area contributed by atoms with Gasteiger partial charge in [-0.25, -0.2) is 0 Å². The zero-order chi connectivity index (χ0) is 12.3. The molecule has 2 heterocycles. The van der Waals surface area contributed by atoms with E-state index >= 15 is 0 Å². The number of hydrogen-bond acceptors (Lipinski definition) is 6. The van der Waals surface area contributed by atoms with Crippen LogP contribution < -0.4 is 5.73 Å². The lowest BCUT2D eigenvalue weighted by Gasteiger charge is -2.27. The number of carbonyl (C=O) groups is 1. The Hall–Kier alpha value is -1.21. The van der Waals surface area contributed by atoms with Crippen molar-refractivity contribution in [3.8, 4) is 0 Å². The lowest BCUT2D eigenvalue weighted by Crippen LogP contribution is -2.42. The SMILES string of the molecule is Nc1nnc(C(=O)N2CCCCCC2CO)s1. The van der Waals surface area contributed by atoms with Gasteiger partial charge in [0.25, 0.3) is 5.91 Å². The van der Waals surface area contributed by atoms with Crippen LogP contribution in [0.5, 0.6) is 0 Å². The van der Waals surface area contributed by atoms with Gasteiger partial charge in [-0.15, -0.1) is 10.2 Å². The van der Waals surface area contributed by atoms with Gasteiger partial charge < -0.3 is 15.7 Å². The highest BCUT2D eigenvalue weighted by Gasteiger charge is 2.27. The summed E-state index contributed by atoms with van der Waals surface area (Å²) >= 11 is 1.09. The van der Waals surface area contributed by atoms with E-state index in [9.17, 15) is 9.90 Å². The summed E-state index contributed by atoms with van der Waals surface area (Å²) in [5.74, 6) is -0.167. The minimum atomic E-state index is -0.167. The van der Waals surface area contributed by atoms with Crippen LogP contribution in [0.3, 0.4) is 0 Å². The van der Waals surface area contributed by atoms with Gasteiger partial charge in [-0.3, -0.25) is 4.79 Å². The summed E-state index contributed by atoms with van der Waals surface area (Å²) < 4.78 is 0. The van der Waals surface area contributed by atoms with Crippen molar-refractivity contribution in [2.45, 2.75) is 31.7 Å². The maximum Gasteiger partial charge on any atom is 0.285 e. The molecule has 1 aliphatic rings. The van der Waals surface area contributed by atoms with Crippen molar-refractivity contribution in [2.24, 2.45) is 0 Å². The normalized spacial score (nSPS) is 21.2. The molecule has 3 N–H and O–H groups in total. The Balaban J connectivity index is 2.15. The Morgan fingerprint density at radius 1 is 1.47 bits per heavy atom. The van der Waals surface area contributed by atoms with E-state index in [1.54, 1.807) is 4.90 Å². The number of anilines is 1. The average molecular weight is 256 g/mol. The number of nitrogens with zero attached hydrogens (tertiary/aromatic N) is 3. The first-order valence-electron chi connectivity index (χ1n) is 5.73. The number of aliphatic hydroxyl groups is 1. The van der Waals surface area contributed by atoms with Gasteiger partial charge in [0, 0.05) is 6.54 Å². The lowest BCUT2D eigenvalue weighted by molar-refractivity contribution is 0.0598. The Morgan fingerprint density at radius 3 is 2.94 bits per heavy atom. The van der Waals surface area contributed by atoms with Crippen molar-refractivity contribution in [1.82, 2.24) is 15.1 Å². The van der Waals surface area contributed by atoms with Crippen molar-refractivity contribution in [2.75, 3.05) is 18.9 Å². The highest BCUT2D eigenvalue weighted by atomic mass is 32.1. The van der Waals surface area contributed by atoms with Crippen LogP contribution in [0.2, 0.25) is 0 Å². The highest BCUT2D eigenvalue weighted by molar-refractivity contribution is 7.16. The van der Waals surface area contributed by atoms with E-state index in [1.807, 2.05) is 0 Å². The maximum absolute atomic E-state index is 12.2. The van der Waals surface area contributed by atoms with Crippen molar-refractivity contribution in [3.63, 3.8) is 0 Å². The van der Waals surface area contributed by atoms with Gasteiger partial charge in [0.2, 0.25) is 10.1 Å². The first-order chi connectivity index (χ1) is 8.22. The molecule has 0 aliphatic carbocycles. The minimum absolute atomic E-state index is 0.0000257. The average Bonchev–Trinajstić information content (AvgIpc) is 2.64. The van der Waals surface area contributed by atoms with E-state index in [4.69, 9.17) is 5.73 Å². The van der Waals surface area contributed by atoms with Crippen molar-refractivity contribution in [1.29, 1.82) is 0 Å². The van der Waals surface area contributed by atoms with E-state index in [0.717, 1.165) is 37.0 Å². The number of aromatic nitrogens is 2. The predicted octanol–water partition coefficient (Wildman–Crippen LogP) is 0.497. The van der Waals surface area contributed by atoms with Gasteiger partial charge in [-0.1, -0.05) is 24.2 Å². The summed E-state index contributed by atoms with van der Waals surface area (Å²) in [5, 5.41) is 17.3. The minimum Gasteiger partial charge on any atom is -0.394 e. The molecule has 1 aromatic rings. The Kier molecular flexibility index (Phi) is 3.90. The summed E-state index contributed by atoms with van der Waals surface area (Å²) in [4.78, 5) is 13.9. The third-order valence-corrected chi connectivity index (χ3v) is 3.71.